The van der Waals surface area contributed by atoms with Crippen LogP contribution in [-0.4, -0.2) is 53.7 Å². The van der Waals surface area contributed by atoms with E-state index in [0.29, 0.717) is 6.04 Å². The number of nitrogens with zero attached hydrogens (tertiary/aromatic N) is 2. The van der Waals surface area contributed by atoms with Crippen molar-refractivity contribution in [2.45, 2.75) is 45.8 Å². The van der Waals surface area contributed by atoms with Crippen molar-refractivity contribution < 1.29 is 9.53 Å². The van der Waals surface area contributed by atoms with Crippen molar-refractivity contribution >= 4 is 6.09 Å². The van der Waals surface area contributed by atoms with Crippen LogP contribution in [0.15, 0.2) is 37.0 Å². The minimum Gasteiger partial charge on any atom is -0.444 e. The SMILES string of the molecule is C=CC(C=C)=CCC(C)N1CCN(C(=O)OC(C)(C)C)CC1. The van der Waals surface area contributed by atoms with Gasteiger partial charge in [0.1, 0.15) is 5.60 Å². The smallest absolute Gasteiger partial charge is 0.410 e. The number of piperazine rings is 1. The van der Waals surface area contributed by atoms with Gasteiger partial charge in [0.25, 0.3) is 0 Å². The molecule has 1 rings (SSSR count). The Morgan fingerprint density at radius 3 is 2.18 bits per heavy atom. The summed E-state index contributed by atoms with van der Waals surface area (Å²) in [6, 6.07) is 0.440. The second-order valence-corrected chi connectivity index (χ2v) is 6.70. The normalized spacial score (nSPS) is 17.5. The average Bonchev–Trinajstić information content (AvgIpc) is 2.46. The molecule has 0 spiro atoms. The standard InChI is InChI=1S/C18H30N2O2/c1-7-16(8-2)10-9-15(3)19-11-13-20(14-12-19)17(21)22-18(4,5)6/h7-8,10,15H,1-2,9,11-14H2,3-6H3. The molecule has 4 nitrogen and oxygen atoms in total. The van der Waals surface area contributed by atoms with Gasteiger partial charge in [0.2, 0.25) is 0 Å². The fourth-order valence-electron chi connectivity index (χ4n) is 2.38. The average molecular weight is 306 g/mol. The van der Waals surface area contributed by atoms with E-state index in [1.165, 1.54) is 0 Å². The Hall–Kier alpha value is -1.55. The Morgan fingerprint density at radius 1 is 1.18 bits per heavy atom. The number of hydrogen-bond donors (Lipinski definition) is 0. The van der Waals surface area contributed by atoms with Crippen LogP contribution in [0.25, 0.3) is 0 Å². The van der Waals surface area contributed by atoms with E-state index >= 15 is 0 Å². The zero-order valence-corrected chi connectivity index (χ0v) is 14.5. The highest BCUT2D eigenvalue weighted by molar-refractivity contribution is 5.68. The van der Waals surface area contributed by atoms with E-state index in [1.807, 2.05) is 32.9 Å². The quantitative estimate of drug-likeness (QED) is 0.727. The van der Waals surface area contributed by atoms with Crippen molar-refractivity contribution in [1.82, 2.24) is 9.80 Å². The van der Waals surface area contributed by atoms with Crippen LogP contribution in [0.5, 0.6) is 0 Å². The number of rotatable bonds is 5. The minimum atomic E-state index is -0.432. The third kappa shape index (κ3) is 6.06. The molecule has 124 valence electrons. The Bertz CT molecular complexity index is 417. The number of carbonyl (C=O) groups is 1. The summed E-state index contributed by atoms with van der Waals surface area (Å²) in [7, 11) is 0. The van der Waals surface area contributed by atoms with E-state index in [1.54, 1.807) is 4.90 Å². The molecule has 22 heavy (non-hydrogen) atoms. The van der Waals surface area contributed by atoms with Crippen molar-refractivity contribution in [2.75, 3.05) is 26.2 Å². The fourth-order valence-corrected chi connectivity index (χ4v) is 2.38. The Kier molecular flexibility index (Phi) is 6.88. The molecule has 0 saturated carbocycles. The number of amides is 1. The summed E-state index contributed by atoms with van der Waals surface area (Å²) in [5.41, 5.74) is 0.636. The predicted octanol–water partition coefficient (Wildman–Crippen LogP) is 3.62. The van der Waals surface area contributed by atoms with E-state index in [4.69, 9.17) is 4.74 Å². The summed E-state index contributed by atoms with van der Waals surface area (Å²) in [5, 5.41) is 0. The summed E-state index contributed by atoms with van der Waals surface area (Å²) in [6.07, 6.45) is 6.55. The Balaban J connectivity index is 2.44. The molecule has 0 aromatic heterocycles. The molecule has 0 bridgehead atoms. The van der Waals surface area contributed by atoms with Gasteiger partial charge in [-0.1, -0.05) is 31.4 Å². The summed E-state index contributed by atoms with van der Waals surface area (Å²) >= 11 is 0. The number of ether oxygens (including phenoxy) is 1. The second-order valence-electron chi connectivity index (χ2n) is 6.70. The topological polar surface area (TPSA) is 32.8 Å². The summed E-state index contributed by atoms with van der Waals surface area (Å²) in [5.74, 6) is 0. The van der Waals surface area contributed by atoms with Gasteiger partial charge in [-0.25, -0.2) is 4.79 Å². The minimum absolute atomic E-state index is 0.208. The van der Waals surface area contributed by atoms with E-state index in [9.17, 15) is 4.79 Å². The Labute approximate surface area is 135 Å². The van der Waals surface area contributed by atoms with E-state index in [0.717, 1.165) is 38.2 Å². The molecule has 0 N–H and O–H groups in total. The van der Waals surface area contributed by atoms with Crippen LogP contribution in [0.4, 0.5) is 4.79 Å². The van der Waals surface area contributed by atoms with Crippen LogP contribution < -0.4 is 0 Å². The van der Waals surface area contributed by atoms with E-state index in [-0.39, 0.29) is 6.09 Å². The molecule has 1 atom stereocenters. The van der Waals surface area contributed by atoms with Crippen molar-refractivity contribution in [3.8, 4) is 0 Å². The molecule has 1 saturated heterocycles. The highest BCUT2D eigenvalue weighted by Crippen LogP contribution is 2.14. The van der Waals surface area contributed by atoms with Crippen LogP contribution >= 0.6 is 0 Å². The van der Waals surface area contributed by atoms with Gasteiger partial charge in [-0.3, -0.25) is 4.90 Å². The van der Waals surface area contributed by atoms with Crippen LogP contribution in [0.1, 0.15) is 34.1 Å². The molecular weight excluding hydrogens is 276 g/mol. The Morgan fingerprint density at radius 2 is 1.73 bits per heavy atom. The van der Waals surface area contributed by atoms with Crippen molar-refractivity contribution in [3.63, 3.8) is 0 Å². The maximum atomic E-state index is 12.0. The molecule has 1 heterocycles. The van der Waals surface area contributed by atoms with Gasteiger partial charge in [-0.05, 0) is 39.7 Å². The van der Waals surface area contributed by atoms with E-state index in [2.05, 4.69) is 31.1 Å². The number of allylic oxidation sites excluding steroid dienone is 3. The zero-order valence-electron chi connectivity index (χ0n) is 14.5. The predicted molar refractivity (Wildman–Crippen MR) is 91.9 cm³/mol. The lowest BCUT2D eigenvalue weighted by Gasteiger charge is -2.38. The van der Waals surface area contributed by atoms with Crippen LogP contribution in [0.3, 0.4) is 0 Å². The maximum absolute atomic E-state index is 12.0. The van der Waals surface area contributed by atoms with E-state index < -0.39 is 5.60 Å². The first-order valence-electron chi connectivity index (χ1n) is 7.94. The van der Waals surface area contributed by atoms with Crippen molar-refractivity contribution in [1.29, 1.82) is 0 Å². The lowest BCUT2D eigenvalue weighted by molar-refractivity contribution is 0.0112. The molecule has 1 aliphatic rings. The maximum Gasteiger partial charge on any atom is 0.410 e. The van der Waals surface area contributed by atoms with Gasteiger partial charge in [0, 0.05) is 32.2 Å². The van der Waals surface area contributed by atoms with Gasteiger partial charge in [-0.2, -0.15) is 0 Å². The van der Waals surface area contributed by atoms with Gasteiger partial charge in [0.15, 0.2) is 0 Å². The number of hydrogen-bond acceptors (Lipinski definition) is 3. The van der Waals surface area contributed by atoms with Gasteiger partial charge >= 0.3 is 6.09 Å². The second kappa shape index (κ2) is 8.18. The highest BCUT2D eigenvalue weighted by atomic mass is 16.6. The van der Waals surface area contributed by atoms with Crippen LogP contribution in [-0.2, 0) is 4.74 Å². The lowest BCUT2D eigenvalue weighted by Crippen LogP contribution is -2.52. The largest absolute Gasteiger partial charge is 0.444 e. The molecule has 0 aliphatic carbocycles. The first-order valence-corrected chi connectivity index (χ1v) is 7.94. The molecule has 0 aromatic carbocycles. The summed E-state index contributed by atoms with van der Waals surface area (Å²) in [4.78, 5) is 16.2. The first kappa shape index (κ1) is 18.5. The van der Waals surface area contributed by atoms with Gasteiger partial charge < -0.3 is 9.64 Å². The van der Waals surface area contributed by atoms with Crippen molar-refractivity contribution in [3.05, 3.63) is 37.0 Å². The lowest BCUT2D eigenvalue weighted by atomic mass is 10.1. The van der Waals surface area contributed by atoms with Gasteiger partial charge in [0.05, 0.1) is 0 Å². The molecular formula is C18H30N2O2. The highest BCUT2D eigenvalue weighted by Gasteiger charge is 2.27. The number of carbonyl (C=O) groups excluding carboxylic acids is 1. The molecule has 1 amide bonds. The first-order chi connectivity index (χ1) is 10.3. The monoisotopic (exact) mass is 306 g/mol. The van der Waals surface area contributed by atoms with Crippen molar-refractivity contribution in [2.24, 2.45) is 0 Å². The van der Waals surface area contributed by atoms with Crippen LogP contribution in [0.2, 0.25) is 0 Å². The summed E-state index contributed by atoms with van der Waals surface area (Å²) in [6.45, 7) is 18.6. The fraction of sp³-hybridized carbons (Fsp3) is 0.611. The zero-order chi connectivity index (χ0) is 16.8. The third-order valence-electron chi connectivity index (χ3n) is 3.76. The molecule has 1 fully saturated rings. The summed E-state index contributed by atoms with van der Waals surface area (Å²) < 4.78 is 5.42. The molecule has 1 unspecified atom stereocenters. The van der Waals surface area contributed by atoms with Gasteiger partial charge in [-0.15, -0.1) is 0 Å². The molecule has 0 radical (unpaired) electrons. The molecule has 0 aromatic rings. The molecule has 1 aliphatic heterocycles. The van der Waals surface area contributed by atoms with Crippen LogP contribution in [0, 0.1) is 0 Å². The molecule has 4 heteroatoms. The third-order valence-corrected chi connectivity index (χ3v) is 3.76.